The first-order valence-corrected chi connectivity index (χ1v) is 7.84. The van der Waals surface area contributed by atoms with E-state index >= 15 is 0 Å². The van der Waals surface area contributed by atoms with Crippen LogP contribution in [-0.4, -0.2) is 19.9 Å². The number of aromatic hydroxyl groups is 1. The summed E-state index contributed by atoms with van der Waals surface area (Å²) in [6.07, 6.45) is 6.18. The number of phenolic OH excluding ortho intramolecular Hbond substituents is 1. The fourth-order valence-corrected chi connectivity index (χ4v) is 2.53. The summed E-state index contributed by atoms with van der Waals surface area (Å²) in [6, 6.07) is 7.50. The predicted octanol–water partition coefficient (Wildman–Crippen LogP) is 4.49. The molecule has 2 rings (SSSR count). The van der Waals surface area contributed by atoms with Crippen LogP contribution >= 0.6 is 0 Å². The molecule has 1 aromatic heterocycles. The van der Waals surface area contributed by atoms with Gasteiger partial charge in [-0.3, -0.25) is 0 Å². The van der Waals surface area contributed by atoms with E-state index in [0.29, 0.717) is 6.04 Å². The van der Waals surface area contributed by atoms with Crippen LogP contribution in [0.15, 0.2) is 24.3 Å². The number of hydrogen-bond donors (Lipinski definition) is 1. The molecule has 2 aromatic rings. The summed E-state index contributed by atoms with van der Waals surface area (Å²) in [5.74, 6) is 1.95. The van der Waals surface area contributed by atoms with Gasteiger partial charge in [-0.2, -0.15) is 5.10 Å². The van der Waals surface area contributed by atoms with Crippen molar-refractivity contribution in [2.24, 2.45) is 0 Å². The highest BCUT2D eigenvalue weighted by Gasteiger charge is 2.15. The molecular weight excluding hydrogens is 262 g/mol. The molecule has 21 heavy (non-hydrogen) atoms. The van der Waals surface area contributed by atoms with Crippen molar-refractivity contribution in [2.45, 2.75) is 58.9 Å². The molecule has 4 nitrogen and oxygen atoms in total. The summed E-state index contributed by atoms with van der Waals surface area (Å²) in [5.41, 5.74) is 0.994. The Bertz CT molecular complexity index is 560. The van der Waals surface area contributed by atoms with Crippen LogP contribution in [0, 0.1) is 6.92 Å². The van der Waals surface area contributed by atoms with Gasteiger partial charge in [0.25, 0.3) is 0 Å². The minimum absolute atomic E-state index is 0.272. The highest BCUT2D eigenvalue weighted by atomic mass is 16.3. The molecule has 0 spiro atoms. The summed E-state index contributed by atoms with van der Waals surface area (Å²) in [7, 11) is 0. The van der Waals surface area contributed by atoms with Gasteiger partial charge >= 0.3 is 0 Å². The zero-order valence-electron chi connectivity index (χ0n) is 13.2. The Morgan fingerprint density at radius 2 is 1.86 bits per heavy atom. The zero-order valence-corrected chi connectivity index (χ0v) is 13.2. The van der Waals surface area contributed by atoms with Crippen LogP contribution < -0.4 is 0 Å². The monoisotopic (exact) mass is 287 g/mol. The third kappa shape index (κ3) is 4.06. The van der Waals surface area contributed by atoms with Crippen LogP contribution in [0.25, 0.3) is 11.4 Å². The number of aromatic nitrogens is 3. The molecule has 0 aliphatic rings. The molecule has 0 radical (unpaired) electrons. The molecule has 1 N–H and O–H groups in total. The first-order valence-electron chi connectivity index (χ1n) is 7.84. The van der Waals surface area contributed by atoms with Gasteiger partial charge in [0.05, 0.1) is 6.04 Å². The van der Waals surface area contributed by atoms with Crippen LogP contribution in [0.3, 0.4) is 0 Å². The van der Waals surface area contributed by atoms with Gasteiger partial charge in [-0.15, -0.1) is 0 Å². The zero-order chi connectivity index (χ0) is 15.2. The minimum atomic E-state index is 0.272. The van der Waals surface area contributed by atoms with Crippen molar-refractivity contribution in [2.75, 3.05) is 0 Å². The van der Waals surface area contributed by atoms with E-state index in [1.54, 1.807) is 12.1 Å². The van der Waals surface area contributed by atoms with Crippen molar-refractivity contribution >= 4 is 0 Å². The van der Waals surface area contributed by atoms with Crippen molar-refractivity contribution in [3.05, 3.63) is 30.1 Å². The summed E-state index contributed by atoms with van der Waals surface area (Å²) < 4.78 is 2.02. The average molecular weight is 287 g/mol. The lowest BCUT2D eigenvalue weighted by molar-refractivity contribution is 0.437. The molecular formula is C17H25N3O. The van der Waals surface area contributed by atoms with Crippen molar-refractivity contribution in [1.82, 2.24) is 14.8 Å². The van der Waals surface area contributed by atoms with E-state index in [1.807, 2.05) is 23.7 Å². The van der Waals surface area contributed by atoms with Gasteiger partial charge in [0, 0.05) is 5.56 Å². The van der Waals surface area contributed by atoms with Crippen LogP contribution in [0.1, 0.15) is 57.8 Å². The smallest absolute Gasteiger partial charge is 0.158 e. The summed E-state index contributed by atoms with van der Waals surface area (Å²) in [6.45, 7) is 6.35. The molecule has 0 aliphatic carbocycles. The van der Waals surface area contributed by atoms with Crippen molar-refractivity contribution in [3.63, 3.8) is 0 Å². The molecule has 114 valence electrons. The molecule has 0 bridgehead atoms. The Morgan fingerprint density at radius 3 is 2.52 bits per heavy atom. The minimum Gasteiger partial charge on any atom is -0.508 e. The fourth-order valence-electron chi connectivity index (χ4n) is 2.53. The summed E-state index contributed by atoms with van der Waals surface area (Å²) in [4.78, 5) is 4.55. The van der Waals surface area contributed by atoms with E-state index in [2.05, 4.69) is 23.9 Å². The molecule has 1 atom stereocenters. The molecule has 0 amide bonds. The number of rotatable bonds is 7. The molecule has 0 saturated heterocycles. The molecule has 0 saturated carbocycles. The van der Waals surface area contributed by atoms with E-state index in [0.717, 1.165) is 23.6 Å². The standard InChI is InChI=1S/C17H25N3O/c1-4-5-6-7-8-13(2)20-17(18-14(3)19-20)15-9-11-16(21)12-10-15/h9-13,21H,4-8H2,1-3H3. The Hall–Kier alpha value is -1.84. The van der Waals surface area contributed by atoms with Gasteiger partial charge in [-0.1, -0.05) is 32.6 Å². The molecule has 1 aromatic carbocycles. The number of hydrogen-bond acceptors (Lipinski definition) is 3. The van der Waals surface area contributed by atoms with Gasteiger partial charge in [0.1, 0.15) is 11.6 Å². The molecule has 0 aliphatic heterocycles. The van der Waals surface area contributed by atoms with Gasteiger partial charge in [0.2, 0.25) is 0 Å². The van der Waals surface area contributed by atoms with E-state index < -0.39 is 0 Å². The van der Waals surface area contributed by atoms with Gasteiger partial charge < -0.3 is 5.11 Å². The predicted molar refractivity (Wildman–Crippen MR) is 85.3 cm³/mol. The Kier molecular flexibility index (Phi) is 5.37. The van der Waals surface area contributed by atoms with Crippen LogP contribution in [0.5, 0.6) is 5.75 Å². The number of phenols is 1. The van der Waals surface area contributed by atoms with Crippen molar-refractivity contribution < 1.29 is 5.11 Å². The third-order valence-corrected chi connectivity index (χ3v) is 3.76. The maximum Gasteiger partial charge on any atom is 0.158 e. The highest BCUT2D eigenvalue weighted by molar-refractivity contribution is 5.56. The number of benzene rings is 1. The third-order valence-electron chi connectivity index (χ3n) is 3.76. The first-order chi connectivity index (χ1) is 10.1. The van der Waals surface area contributed by atoms with Crippen LogP contribution in [-0.2, 0) is 0 Å². The van der Waals surface area contributed by atoms with Gasteiger partial charge in [-0.05, 0) is 44.5 Å². The van der Waals surface area contributed by atoms with Crippen molar-refractivity contribution in [3.8, 4) is 17.1 Å². The summed E-state index contributed by atoms with van der Waals surface area (Å²) >= 11 is 0. The first kappa shape index (κ1) is 15.5. The Labute approximate surface area is 126 Å². The fraction of sp³-hybridized carbons (Fsp3) is 0.529. The summed E-state index contributed by atoms with van der Waals surface area (Å²) in [5, 5.41) is 14.0. The lowest BCUT2D eigenvalue weighted by atomic mass is 10.1. The van der Waals surface area contributed by atoms with Gasteiger partial charge in [-0.25, -0.2) is 9.67 Å². The topological polar surface area (TPSA) is 50.9 Å². The van der Waals surface area contributed by atoms with E-state index in [1.165, 1.54) is 25.7 Å². The lowest BCUT2D eigenvalue weighted by Crippen LogP contribution is -2.09. The Morgan fingerprint density at radius 1 is 1.14 bits per heavy atom. The number of aryl methyl sites for hydroxylation is 1. The molecule has 4 heteroatoms. The second-order valence-electron chi connectivity index (χ2n) is 5.67. The molecule has 1 unspecified atom stereocenters. The van der Waals surface area contributed by atoms with E-state index in [9.17, 15) is 5.11 Å². The SMILES string of the molecule is CCCCCCC(C)n1nc(C)nc1-c1ccc(O)cc1. The lowest BCUT2D eigenvalue weighted by Gasteiger charge is -2.14. The maximum absolute atomic E-state index is 9.41. The quantitative estimate of drug-likeness (QED) is 0.763. The average Bonchev–Trinajstić information content (AvgIpc) is 2.86. The number of unbranched alkanes of at least 4 members (excludes halogenated alkanes) is 3. The Balaban J connectivity index is 2.14. The van der Waals surface area contributed by atoms with E-state index in [-0.39, 0.29) is 5.75 Å². The second kappa shape index (κ2) is 7.25. The molecule has 0 fully saturated rings. The molecule has 1 heterocycles. The van der Waals surface area contributed by atoms with Gasteiger partial charge in [0.15, 0.2) is 5.82 Å². The second-order valence-corrected chi connectivity index (χ2v) is 5.67. The normalized spacial score (nSPS) is 12.5. The highest BCUT2D eigenvalue weighted by Crippen LogP contribution is 2.25. The van der Waals surface area contributed by atoms with Crippen molar-refractivity contribution in [1.29, 1.82) is 0 Å². The van der Waals surface area contributed by atoms with Crippen LogP contribution in [0.4, 0.5) is 0 Å². The maximum atomic E-state index is 9.41. The van der Waals surface area contributed by atoms with Crippen LogP contribution in [0.2, 0.25) is 0 Å². The number of nitrogens with zero attached hydrogens (tertiary/aromatic N) is 3. The largest absolute Gasteiger partial charge is 0.508 e. The van der Waals surface area contributed by atoms with E-state index in [4.69, 9.17) is 0 Å².